The molecule has 1 N–H and O–H groups in total. The molecule has 5 aromatic carbocycles. The lowest BCUT2D eigenvalue weighted by Crippen LogP contribution is -2.38. The molecule has 204 valence electrons. The van der Waals surface area contributed by atoms with Gasteiger partial charge in [0.2, 0.25) is 5.91 Å². The lowest BCUT2D eigenvalue weighted by Gasteiger charge is -2.30. The van der Waals surface area contributed by atoms with E-state index in [9.17, 15) is 4.79 Å². The maximum Gasteiger partial charge on any atom is 0.223 e. The molecule has 0 saturated carbocycles. The molecule has 2 nitrogen and oxygen atoms in total. The average molecular weight is 632 g/mol. The van der Waals surface area contributed by atoms with Crippen molar-refractivity contribution in [1.29, 1.82) is 0 Å². The number of carbonyl (C=O) groups is 1. The first-order valence-corrected chi connectivity index (χ1v) is 17.1. The van der Waals surface area contributed by atoms with Crippen LogP contribution in [0.2, 0.25) is 10.0 Å². The molecule has 0 heterocycles. The van der Waals surface area contributed by atoms with Crippen molar-refractivity contribution in [1.82, 2.24) is 5.32 Å². The molecular weight excluding hydrogens is 604 g/mol. The van der Waals surface area contributed by atoms with Gasteiger partial charge in [-0.1, -0.05) is 101 Å². The molecule has 1 amide bonds. The third kappa shape index (κ3) is 6.92. The highest BCUT2D eigenvalue weighted by molar-refractivity contribution is 8.23. The van der Waals surface area contributed by atoms with Gasteiger partial charge in [0.15, 0.2) is 12.7 Å². The van der Waals surface area contributed by atoms with Crippen LogP contribution < -0.4 is 21.2 Å². The fourth-order valence-electron chi connectivity index (χ4n) is 4.56. The van der Waals surface area contributed by atoms with Crippen molar-refractivity contribution in [3.63, 3.8) is 0 Å². The topological polar surface area (TPSA) is 29.1 Å². The molecule has 0 radical (unpaired) electrons. The second-order valence-electron chi connectivity index (χ2n) is 9.11. The van der Waals surface area contributed by atoms with E-state index in [1.165, 1.54) is 0 Å². The molecule has 0 bridgehead atoms. The van der Waals surface area contributed by atoms with E-state index in [1.54, 1.807) is 30.4 Å². The molecule has 0 aliphatic rings. The number of benzene rings is 5. The van der Waals surface area contributed by atoms with Gasteiger partial charge in [0, 0.05) is 26.8 Å². The molecule has 0 atom stereocenters. The van der Waals surface area contributed by atoms with Crippen LogP contribution in [0.25, 0.3) is 0 Å². The van der Waals surface area contributed by atoms with E-state index in [1.807, 2.05) is 66.7 Å². The minimum Gasteiger partial charge on any atom is -0.295 e. The lowest BCUT2D eigenvalue weighted by atomic mass is 10.4. The minimum atomic E-state index is -2.61. The van der Waals surface area contributed by atoms with Crippen molar-refractivity contribution in [2.75, 3.05) is 0 Å². The Morgan fingerprint density at radius 3 is 1.22 bits per heavy atom. The van der Waals surface area contributed by atoms with Gasteiger partial charge < -0.3 is 0 Å². The molecule has 0 aliphatic heterocycles. The van der Waals surface area contributed by atoms with Crippen molar-refractivity contribution in [2.45, 2.75) is 16.7 Å². The van der Waals surface area contributed by atoms with Crippen LogP contribution in [0.15, 0.2) is 159 Å². The van der Waals surface area contributed by atoms with Crippen LogP contribution in [0.5, 0.6) is 0 Å². The summed E-state index contributed by atoms with van der Waals surface area (Å²) in [6, 6.07) is 47.1. The summed E-state index contributed by atoms with van der Waals surface area (Å²) in [5, 5.41) is 8.16. The zero-order valence-corrected chi connectivity index (χ0v) is 26.2. The van der Waals surface area contributed by atoms with Gasteiger partial charge in [-0.2, -0.15) is 0 Å². The number of rotatable bonds is 9. The van der Waals surface area contributed by atoms with Crippen LogP contribution in [-0.4, -0.2) is 5.91 Å². The molecule has 0 saturated heterocycles. The standard InChI is InChI=1S/C34H26Cl2NOPS2/c1-25(38)37-33(34(40-31-21-17-26(35)18-22-31)41-32-23-19-27(36)20-24-32)39(28-11-5-2-6-12-28,29-13-7-3-8-14-29)30-15-9-4-10-16-30/h2-24H,1H3/p+1. The fourth-order valence-corrected chi connectivity index (χ4v) is 12.1. The number of carbonyl (C=O) groups excluding carboxylic acids is 1. The van der Waals surface area contributed by atoms with Crippen LogP contribution in [0.4, 0.5) is 0 Å². The van der Waals surface area contributed by atoms with E-state index in [-0.39, 0.29) is 5.91 Å². The van der Waals surface area contributed by atoms with E-state index >= 15 is 0 Å². The fraction of sp³-hybridized carbons (Fsp3) is 0.0294. The quantitative estimate of drug-likeness (QED) is 0.130. The van der Waals surface area contributed by atoms with Gasteiger partial charge in [0.1, 0.15) is 20.2 Å². The lowest BCUT2D eigenvalue weighted by molar-refractivity contribution is -0.118. The van der Waals surface area contributed by atoms with Crippen molar-refractivity contribution >= 4 is 75.8 Å². The number of halogens is 2. The predicted molar refractivity (Wildman–Crippen MR) is 181 cm³/mol. The van der Waals surface area contributed by atoms with Gasteiger partial charge in [-0.3, -0.25) is 10.1 Å². The second kappa shape index (κ2) is 13.8. The Balaban J connectivity index is 1.89. The van der Waals surface area contributed by atoms with Crippen LogP contribution in [-0.2, 0) is 4.79 Å². The highest BCUT2D eigenvalue weighted by Crippen LogP contribution is 2.65. The molecular formula is C34H27Cl2NOPS2+. The Kier molecular flexibility index (Phi) is 9.92. The first-order valence-electron chi connectivity index (χ1n) is 12.9. The predicted octanol–water partition coefficient (Wildman–Crippen LogP) is 9.13. The molecule has 0 fully saturated rings. The minimum absolute atomic E-state index is 0.127. The zero-order valence-electron chi connectivity index (χ0n) is 22.2. The third-order valence-electron chi connectivity index (χ3n) is 6.30. The van der Waals surface area contributed by atoms with Crippen molar-refractivity contribution in [3.8, 4) is 0 Å². The van der Waals surface area contributed by atoms with E-state index in [0.717, 1.165) is 35.4 Å². The normalized spacial score (nSPS) is 11.1. The van der Waals surface area contributed by atoms with E-state index in [4.69, 9.17) is 23.2 Å². The van der Waals surface area contributed by atoms with Gasteiger partial charge in [-0.25, -0.2) is 0 Å². The van der Waals surface area contributed by atoms with E-state index in [0.29, 0.717) is 10.0 Å². The molecule has 7 heteroatoms. The highest BCUT2D eigenvalue weighted by Gasteiger charge is 2.52. The number of hydrogen-bond acceptors (Lipinski definition) is 3. The highest BCUT2D eigenvalue weighted by atomic mass is 35.5. The smallest absolute Gasteiger partial charge is 0.223 e. The van der Waals surface area contributed by atoms with Gasteiger partial charge in [-0.05, 0) is 84.9 Å². The van der Waals surface area contributed by atoms with Gasteiger partial charge in [0.25, 0.3) is 0 Å². The van der Waals surface area contributed by atoms with Crippen LogP contribution in [0.3, 0.4) is 0 Å². The summed E-state index contributed by atoms with van der Waals surface area (Å²) >= 11 is 15.7. The van der Waals surface area contributed by atoms with Crippen LogP contribution in [0, 0.1) is 0 Å². The molecule has 5 aromatic rings. The monoisotopic (exact) mass is 630 g/mol. The summed E-state index contributed by atoms with van der Waals surface area (Å²) in [6.45, 7) is 1.58. The first kappa shape index (κ1) is 29.5. The van der Waals surface area contributed by atoms with Gasteiger partial charge >= 0.3 is 0 Å². The third-order valence-corrected chi connectivity index (χ3v) is 13.6. The molecule has 0 aromatic heterocycles. The first-order chi connectivity index (χ1) is 20.0. The van der Waals surface area contributed by atoms with Gasteiger partial charge in [-0.15, -0.1) is 0 Å². The van der Waals surface area contributed by atoms with Crippen LogP contribution >= 0.6 is 54.0 Å². The largest absolute Gasteiger partial charge is 0.295 e. The van der Waals surface area contributed by atoms with Crippen molar-refractivity contribution < 1.29 is 4.79 Å². The molecule has 0 aliphatic carbocycles. The maximum atomic E-state index is 13.1. The number of amides is 1. The molecule has 0 unspecified atom stereocenters. The summed E-state index contributed by atoms with van der Waals surface area (Å²) in [5.41, 5.74) is 0.883. The zero-order chi connectivity index (χ0) is 28.7. The Labute approximate surface area is 260 Å². The summed E-state index contributed by atoms with van der Waals surface area (Å²) in [5.74, 6) is -0.127. The van der Waals surface area contributed by atoms with Gasteiger partial charge in [0.05, 0.1) is 0 Å². The van der Waals surface area contributed by atoms with Crippen molar-refractivity contribution in [2.24, 2.45) is 0 Å². The van der Waals surface area contributed by atoms with Crippen molar-refractivity contribution in [3.05, 3.63) is 159 Å². The van der Waals surface area contributed by atoms with E-state index < -0.39 is 7.26 Å². The Bertz CT molecular complexity index is 1480. The summed E-state index contributed by atoms with van der Waals surface area (Å²) in [7, 11) is -2.61. The number of hydrogen-bond donors (Lipinski definition) is 1. The Morgan fingerprint density at radius 1 is 0.561 bits per heavy atom. The summed E-state index contributed by atoms with van der Waals surface area (Å²) in [4.78, 5) is 15.1. The maximum absolute atomic E-state index is 13.1. The number of nitrogens with one attached hydrogen (secondary N) is 1. The summed E-state index contributed by atoms with van der Waals surface area (Å²) < 4.78 is 0.967. The molecule has 5 rings (SSSR count). The Morgan fingerprint density at radius 2 is 0.902 bits per heavy atom. The van der Waals surface area contributed by atoms with Crippen LogP contribution in [0.1, 0.15) is 6.92 Å². The molecule has 41 heavy (non-hydrogen) atoms. The number of thioether (sulfide) groups is 2. The molecule has 0 spiro atoms. The van der Waals surface area contributed by atoms with E-state index in [2.05, 4.69) is 78.1 Å². The Hall–Kier alpha value is -2.98. The second-order valence-corrected chi connectivity index (χ2v) is 15.7. The summed E-state index contributed by atoms with van der Waals surface area (Å²) in [6.07, 6.45) is 0. The average Bonchev–Trinajstić information content (AvgIpc) is 3.00. The SMILES string of the molecule is CC(=O)NC(=C(Sc1ccc(Cl)cc1)Sc1ccc(Cl)cc1)[P+](c1ccccc1)(c1ccccc1)c1ccccc1.